The zero-order valence-electron chi connectivity index (χ0n) is 12.2. The Labute approximate surface area is 142 Å². The highest BCUT2D eigenvalue weighted by atomic mass is 35.5. The molecule has 1 aromatic heterocycles. The molecule has 0 amide bonds. The Morgan fingerprint density at radius 3 is 2.43 bits per heavy atom. The summed E-state index contributed by atoms with van der Waals surface area (Å²) in [5.41, 5.74) is 1.53. The molecule has 0 unspecified atom stereocenters. The van der Waals surface area contributed by atoms with Gasteiger partial charge in [-0.1, -0.05) is 12.1 Å². The van der Waals surface area contributed by atoms with Crippen LogP contribution in [0.5, 0.6) is 0 Å². The highest BCUT2D eigenvalue weighted by Gasteiger charge is 2.16. The average molecular weight is 353 g/mol. The van der Waals surface area contributed by atoms with E-state index in [9.17, 15) is 10.1 Å². The van der Waals surface area contributed by atoms with Gasteiger partial charge in [0.2, 0.25) is 0 Å². The van der Waals surface area contributed by atoms with E-state index in [4.69, 9.17) is 27.6 Å². The fourth-order valence-corrected chi connectivity index (χ4v) is 3.09. The van der Waals surface area contributed by atoms with Crippen molar-refractivity contribution in [1.82, 2.24) is 0 Å². The van der Waals surface area contributed by atoms with Crippen molar-refractivity contribution in [2.75, 3.05) is 29.7 Å². The standard InChI is InChI=1S/C16H14Cl2N2O3/c17-5-7-19(8-6-18)12-2-3-13-11(9-12)1-4-15-14(13)10-16(23-15)20(21)22/h1-4,9-10H,5-8H2. The van der Waals surface area contributed by atoms with E-state index >= 15 is 0 Å². The van der Waals surface area contributed by atoms with Gasteiger partial charge in [-0.05, 0) is 29.0 Å². The quantitative estimate of drug-likeness (QED) is 0.364. The minimum atomic E-state index is -0.525. The summed E-state index contributed by atoms with van der Waals surface area (Å²) in [5, 5.41) is 13.5. The lowest BCUT2D eigenvalue weighted by molar-refractivity contribution is -0.401. The molecule has 7 heteroatoms. The molecule has 0 N–H and O–H groups in total. The van der Waals surface area contributed by atoms with Crippen LogP contribution in [0.3, 0.4) is 0 Å². The van der Waals surface area contributed by atoms with Crippen molar-refractivity contribution in [1.29, 1.82) is 0 Å². The minimum absolute atomic E-state index is 0.248. The van der Waals surface area contributed by atoms with E-state index in [1.807, 2.05) is 24.3 Å². The summed E-state index contributed by atoms with van der Waals surface area (Å²) in [7, 11) is 0. The average Bonchev–Trinajstić information content (AvgIpc) is 2.99. The summed E-state index contributed by atoms with van der Waals surface area (Å²) in [6.45, 7) is 1.42. The van der Waals surface area contributed by atoms with Crippen LogP contribution in [0.15, 0.2) is 40.8 Å². The summed E-state index contributed by atoms with van der Waals surface area (Å²) in [4.78, 5) is 12.5. The molecule has 120 valence electrons. The Kier molecular flexibility index (Phi) is 4.59. The largest absolute Gasteiger partial charge is 0.434 e. The van der Waals surface area contributed by atoms with Gasteiger partial charge in [0.05, 0.1) is 6.07 Å². The summed E-state index contributed by atoms with van der Waals surface area (Å²) in [6, 6.07) is 11.1. The molecule has 0 saturated heterocycles. The maximum absolute atomic E-state index is 10.9. The molecule has 5 nitrogen and oxygen atoms in total. The molecule has 0 atom stereocenters. The van der Waals surface area contributed by atoms with E-state index in [0.29, 0.717) is 30.4 Å². The first kappa shape index (κ1) is 15.9. The van der Waals surface area contributed by atoms with E-state index in [0.717, 1.165) is 21.8 Å². The van der Waals surface area contributed by atoms with Gasteiger partial charge in [0.25, 0.3) is 0 Å². The smallest absolute Gasteiger partial charge is 0.401 e. The number of alkyl halides is 2. The summed E-state index contributed by atoms with van der Waals surface area (Å²) in [6.07, 6.45) is 0. The molecule has 0 aliphatic heterocycles. The monoisotopic (exact) mass is 352 g/mol. The second-order valence-corrected chi connectivity index (χ2v) is 5.85. The number of nitrogens with zero attached hydrogens (tertiary/aromatic N) is 2. The van der Waals surface area contributed by atoms with Gasteiger partial charge in [-0.3, -0.25) is 10.1 Å². The van der Waals surface area contributed by atoms with E-state index in [1.165, 1.54) is 6.07 Å². The van der Waals surface area contributed by atoms with E-state index in [2.05, 4.69) is 4.90 Å². The number of rotatable bonds is 6. The van der Waals surface area contributed by atoms with Crippen LogP contribution in [0.4, 0.5) is 11.6 Å². The molecule has 3 aromatic rings. The van der Waals surface area contributed by atoms with Crippen molar-refractivity contribution < 1.29 is 9.34 Å². The number of halogens is 2. The zero-order chi connectivity index (χ0) is 16.4. The van der Waals surface area contributed by atoms with Gasteiger partial charge >= 0.3 is 5.88 Å². The highest BCUT2D eigenvalue weighted by Crippen LogP contribution is 2.33. The second-order valence-electron chi connectivity index (χ2n) is 5.09. The van der Waals surface area contributed by atoms with E-state index < -0.39 is 4.92 Å². The number of fused-ring (bicyclic) bond motifs is 3. The molecule has 0 bridgehead atoms. The van der Waals surface area contributed by atoms with Crippen molar-refractivity contribution in [3.8, 4) is 0 Å². The van der Waals surface area contributed by atoms with Gasteiger partial charge < -0.3 is 9.32 Å². The summed E-state index contributed by atoms with van der Waals surface area (Å²) < 4.78 is 5.25. The number of hydrogen-bond donors (Lipinski definition) is 0. The van der Waals surface area contributed by atoms with Gasteiger partial charge in [-0.2, -0.15) is 0 Å². The zero-order valence-corrected chi connectivity index (χ0v) is 13.7. The number of furan rings is 1. The number of anilines is 1. The normalized spacial score (nSPS) is 11.2. The predicted molar refractivity (Wildman–Crippen MR) is 94.0 cm³/mol. The second kappa shape index (κ2) is 6.64. The van der Waals surface area contributed by atoms with Crippen LogP contribution < -0.4 is 4.90 Å². The van der Waals surface area contributed by atoms with Gasteiger partial charge in [-0.25, -0.2) is 0 Å². The van der Waals surface area contributed by atoms with Crippen molar-refractivity contribution >= 4 is 56.5 Å². The predicted octanol–water partition coefficient (Wildman–Crippen LogP) is 4.78. The Morgan fingerprint density at radius 1 is 1.04 bits per heavy atom. The molecule has 1 heterocycles. The number of benzene rings is 2. The topological polar surface area (TPSA) is 59.5 Å². The fourth-order valence-electron chi connectivity index (χ4n) is 2.69. The molecule has 2 aromatic carbocycles. The summed E-state index contributed by atoms with van der Waals surface area (Å²) >= 11 is 11.7. The maximum atomic E-state index is 10.9. The van der Waals surface area contributed by atoms with Crippen molar-refractivity contribution in [3.05, 3.63) is 46.5 Å². The van der Waals surface area contributed by atoms with E-state index in [-0.39, 0.29) is 5.88 Å². The Morgan fingerprint density at radius 2 is 1.78 bits per heavy atom. The van der Waals surface area contributed by atoms with Crippen LogP contribution in [0.1, 0.15) is 0 Å². The van der Waals surface area contributed by atoms with Gasteiger partial charge in [0.1, 0.15) is 10.5 Å². The van der Waals surface area contributed by atoms with Crippen LogP contribution in [0, 0.1) is 10.1 Å². The Balaban J connectivity index is 2.09. The SMILES string of the molecule is O=[N+]([O-])c1cc2c(ccc3cc(N(CCCl)CCCl)ccc32)o1. The van der Waals surface area contributed by atoms with Crippen molar-refractivity contribution in [2.45, 2.75) is 0 Å². The summed E-state index contributed by atoms with van der Waals surface area (Å²) in [5.74, 6) is 0.784. The third kappa shape index (κ3) is 3.07. The maximum Gasteiger partial charge on any atom is 0.434 e. The fraction of sp³-hybridized carbons (Fsp3) is 0.250. The van der Waals surface area contributed by atoms with Crippen molar-refractivity contribution in [2.24, 2.45) is 0 Å². The van der Waals surface area contributed by atoms with Crippen LogP contribution in [-0.2, 0) is 0 Å². The van der Waals surface area contributed by atoms with Crippen LogP contribution in [0.25, 0.3) is 21.7 Å². The molecule has 3 rings (SSSR count). The molecule has 0 saturated carbocycles. The minimum Gasteiger partial charge on any atom is -0.401 e. The molecule has 0 aliphatic rings. The third-order valence-electron chi connectivity index (χ3n) is 3.74. The lowest BCUT2D eigenvalue weighted by Crippen LogP contribution is -2.27. The van der Waals surface area contributed by atoms with Gasteiger partial charge in [-0.15, -0.1) is 23.2 Å². The highest BCUT2D eigenvalue weighted by molar-refractivity contribution is 6.18. The lowest BCUT2D eigenvalue weighted by Gasteiger charge is -2.23. The van der Waals surface area contributed by atoms with Gasteiger partial charge in [0, 0.05) is 35.9 Å². The molecule has 0 spiro atoms. The third-order valence-corrected chi connectivity index (χ3v) is 4.08. The first-order chi connectivity index (χ1) is 11.1. The molecule has 0 radical (unpaired) electrons. The van der Waals surface area contributed by atoms with Crippen LogP contribution in [0.2, 0.25) is 0 Å². The molecular weight excluding hydrogens is 339 g/mol. The number of hydrogen-bond acceptors (Lipinski definition) is 4. The van der Waals surface area contributed by atoms with Crippen molar-refractivity contribution in [3.63, 3.8) is 0 Å². The van der Waals surface area contributed by atoms with E-state index in [1.54, 1.807) is 6.07 Å². The Hall–Kier alpha value is -1.98. The molecule has 23 heavy (non-hydrogen) atoms. The molecule has 0 aliphatic carbocycles. The Bertz CT molecular complexity index is 857. The van der Waals surface area contributed by atoms with Gasteiger partial charge in [0.15, 0.2) is 0 Å². The first-order valence-electron chi connectivity index (χ1n) is 7.11. The van der Waals surface area contributed by atoms with Crippen LogP contribution >= 0.6 is 23.2 Å². The number of nitro groups is 1. The van der Waals surface area contributed by atoms with Crippen LogP contribution in [-0.4, -0.2) is 29.8 Å². The first-order valence-corrected chi connectivity index (χ1v) is 8.18. The lowest BCUT2D eigenvalue weighted by atomic mass is 10.1. The molecular formula is C16H14Cl2N2O3. The molecule has 0 fully saturated rings.